The molecule has 114 valence electrons. The predicted octanol–water partition coefficient (Wildman–Crippen LogP) is 0.729. The van der Waals surface area contributed by atoms with E-state index in [4.69, 9.17) is 9.84 Å². The Balaban J connectivity index is 1.99. The van der Waals surface area contributed by atoms with Gasteiger partial charge in [0.05, 0.1) is 6.10 Å². The summed E-state index contributed by atoms with van der Waals surface area (Å²) < 4.78 is 5.46. The zero-order valence-corrected chi connectivity index (χ0v) is 12.1. The van der Waals surface area contributed by atoms with Crippen LogP contribution in [0.25, 0.3) is 0 Å². The number of rotatable bonds is 4. The summed E-state index contributed by atoms with van der Waals surface area (Å²) in [5.74, 6) is -0.939. The molecule has 6 nitrogen and oxygen atoms in total. The topological polar surface area (TPSA) is 87.1 Å². The molecule has 0 radical (unpaired) electrons. The molecule has 1 heterocycles. The standard InChI is InChI=1S/C15H19NO5/c1-9-3-4-13(10(2)5-9)21-8-14(18)16-7-11(17)6-12(16)15(19)20/h3-5,11-12,17H,6-8H2,1-2H3,(H,19,20). The van der Waals surface area contributed by atoms with E-state index in [-0.39, 0.29) is 19.6 Å². The number of benzene rings is 1. The number of β-amino-alcohol motifs (C(OH)–C–C–N with tert-alkyl or cyclic N) is 1. The van der Waals surface area contributed by atoms with E-state index in [1.54, 1.807) is 6.07 Å². The molecule has 0 spiro atoms. The number of amides is 1. The van der Waals surface area contributed by atoms with Gasteiger partial charge in [-0.15, -0.1) is 0 Å². The number of carboxylic acids is 1. The van der Waals surface area contributed by atoms with Crippen LogP contribution in [0.4, 0.5) is 0 Å². The summed E-state index contributed by atoms with van der Waals surface area (Å²) in [7, 11) is 0. The Morgan fingerprint density at radius 1 is 1.38 bits per heavy atom. The fourth-order valence-electron chi connectivity index (χ4n) is 2.51. The molecule has 0 aromatic heterocycles. The lowest BCUT2D eigenvalue weighted by atomic mass is 10.1. The maximum atomic E-state index is 12.1. The normalized spacial score (nSPS) is 21.4. The van der Waals surface area contributed by atoms with Gasteiger partial charge in [-0.25, -0.2) is 4.79 Å². The first-order chi connectivity index (χ1) is 9.88. The lowest BCUT2D eigenvalue weighted by molar-refractivity contribution is -0.149. The monoisotopic (exact) mass is 293 g/mol. The van der Waals surface area contributed by atoms with Crippen LogP contribution in [0.3, 0.4) is 0 Å². The van der Waals surface area contributed by atoms with Gasteiger partial charge >= 0.3 is 5.97 Å². The average Bonchev–Trinajstić information content (AvgIpc) is 2.80. The maximum Gasteiger partial charge on any atom is 0.326 e. The van der Waals surface area contributed by atoms with Crippen molar-refractivity contribution in [3.63, 3.8) is 0 Å². The van der Waals surface area contributed by atoms with Gasteiger partial charge in [-0.2, -0.15) is 0 Å². The molecular weight excluding hydrogens is 274 g/mol. The molecule has 21 heavy (non-hydrogen) atoms. The van der Waals surface area contributed by atoms with Crippen LogP contribution in [-0.4, -0.2) is 52.3 Å². The molecule has 2 N–H and O–H groups in total. The third-order valence-electron chi connectivity index (χ3n) is 3.57. The van der Waals surface area contributed by atoms with Crippen LogP contribution in [0.2, 0.25) is 0 Å². The molecule has 2 atom stereocenters. The molecule has 6 heteroatoms. The molecule has 1 aliphatic heterocycles. The smallest absolute Gasteiger partial charge is 0.326 e. The Morgan fingerprint density at radius 3 is 2.71 bits per heavy atom. The van der Waals surface area contributed by atoms with Gasteiger partial charge in [0.2, 0.25) is 0 Å². The van der Waals surface area contributed by atoms with E-state index in [1.807, 2.05) is 26.0 Å². The van der Waals surface area contributed by atoms with Crippen LogP contribution in [0.15, 0.2) is 18.2 Å². The minimum absolute atomic E-state index is 0.0338. The SMILES string of the molecule is Cc1ccc(OCC(=O)N2CC(O)CC2C(=O)O)c(C)c1. The number of nitrogens with zero attached hydrogens (tertiary/aromatic N) is 1. The Bertz CT molecular complexity index is 557. The third-order valence-corrected chi connectivity index (χ3v) is 3.57. The minimum atomic E-state index is -1.11. The third kappa shape index (κ3) is 3.52. The van der Waals surface area contributed by atoms with Crippen molar-refractivity contribution in [3.05, 3.63) is 29.3 Å². The number of aliphatic hydroxyl groups excluding tert-OH is 1. The van der Waals surface area contributed by atoms with Gasteiger partial charge in [-0.05, 0) is 25.5 Å². The second kappa shape index (κ2) is 6.13. The molecule has 1 aromatic carbocycles. The Kier molecular flexibility index (Phi) is 4.47. The van der Waals surface area contributed by atoms with E-state index in [0.717, 1.165) is 16.0 Å². The van der Waals surface area contributed by atoms with E-state index >= 15 is 0 Å². The van der Waals surface area contributed by atoms with Gasteiger partial charge in [-0.1, -0.05) is 17.7 Å². The van der Waals surface area contributed by atoms with Crippen LogP contribution in [0.1, 0.15) is 17.5 Å². The number of carbonyl (C=O) groups excluding carboxylic acids is 1. The summed E-state index contributed by atoms with van der Waals surface area (Å²) in [6.07, 6.45) is -0.735. The van der Waals surface area contributed by atoms with E-state index in [2.05, 4.69) is 0 Å². The summed E-state index contributed by atoms with van der Waals surface area (Å²) in [4.78, 5) is 24.3. The van der Waals surface area contributed by atoms with E-state index in [1.165, 1.54) is 0 Å². The van der Waals surface area contributed by atoms with Gasteiger partial charge in [0.15, 0.2) is 6.61 Å². The molecular formula is C15H19NO5. The molecule has 2 unspecified atom stereocenters. The zero-order chi connectivity index (χ0) is 15.6. The summed E-state index contributed by atoms with van der Waals surface area (Å²) in [5, 5.41) is 18.6. The summed E-state index contributed by atoms with van der Waals surface area (Å²) in [5.41, 5.74) is 2.01. The first-order valence-electron chi connectivity index (χ1n) is 6.79. The number of hydrogen-bond acceptors (Lipinski definition) is 4. The lowest BCUT2D eigenvalue weighted by Crippen LogP contribution is -2.43. The number of ether oxygens (including phenoxy) is 1. The van der Waals surface area contributed by atoms with Gasteiger partial charge in [0, 0.05) is 13.0 Å². The highest BCUT2D eigenvalue weighted by Crippen LogP contribution is 2.21. The van der Waals surface area contributed by atoms with Gasteiger partial charge in [-0.3, -0.25) is 4.79 Å². The quantitative estimate of drug-likeness (QED) is 0.854. The second-order valence-corrected chi connectivity index (χ2v) is 5.35. The number of aryl methyl sites for hydroxylation is 2. The molecule has 1 aromatic rings. The molecule has 0 saturated carbocycles. The van der Waals surface area contributed by atoms with Crippen LogP contribution < -0.4 is 4.74 Å². The number of aliphatic carboxylic acids is 1. The Morgan fingerprint density at radius 2 is 2.10 bits per heavy atom. The number of carboxylic acid groups (broad SMARTS) is 1. The molecule has 1 amide bonds. The van der Waals surface area contributed by atoms with E-state index in [0.29, 0.717) is 5.75 Å². The highest BCUT2D eigenvalue weighted by atomic mass is 16.5. The van der Waals surface area contributed by atoms with Crippen molar-refractivity contribution in [1.29, 1.82) is 0 Å². The molecule has 1 saturated heterocycles. The van der Waals surface area contributed by atoms with Gasteiger partial charge in [0.25, 0.3) is 5.91 Å². The average molecular weight is 293 g/mol. The summed E-state index contributed by atoms with van der Waals surface area (Å²) in [6, 6.07) is 4.63. The second-order valence-electron chi connectivity index (χ2n) is 5.35. The molecule has 1 aliphatic rings. The molecule has 1 fully saturated rings. The van der Waals surface area contributed by atoms with E-state index < -0.39 is 24.0 Å². The summed E-state index contributed by atoms with van der Waals surface area (Å²) in [6.45, 7) is 3.64. The van der Waals surface area contributed by atoms with Crippen molar-refractivity contribution < 1.29 is 24.5 Å². The summed E-state index contributed by atoms with van der Waals surface area (Å²) >= 11 is 0. The van der Waals surface area contributed by atoms with E-state index in [9.17, 15) is 14.7 Å². The lowest BCUT2D eigenvalue weighted by Gasteiger charge is -2.21. The number of likely N-dealkylation sites (tertiary alicyclic amines) is 1. The molecule has 0 bridgehead atoms. The van der Waals surface area contributed by atoms with Gasteiger partial charge < -0.3 is 19.8 Å². The Labute approximate surface area is 122 Å². The first kappa shape index (κ1) is 15.3. The van der Waals surface area contributed by atoms with Crippen molar-refractivity contribution in [3.8, 4) is 5.75 Å². The van der Waals surface area contributed by atoms with Crippen molar-refractivity contribution in [2.45, 2.75) is 32.4 Å². The van der Waals surface area contributed by atoms with Crippen molar-refractivity contribution >= 4 is 11.9 Å². The van der Waals surface area contributed by atoms with Crippen molar-refractivity contribution in [2.24, 2.45) is 0 Å². The van der Waals surface area contributed by atoms with Crippen LogP contribution in [-0.2, 0) is 9.59 Å². The largest absolute Gasteiger partial charge is 0.483 e. The highest BCUT2D eigenvalue weighted by Gasteiger charge is 2.38. The number of aliphatic hydroxyl groups is 1. The predicted molar refractivity (Wildman–Crippen MR) is 75.2 cm³/mol. The molecule has 0 aliphatic carbocycles. The maximum absolute atomic E-state index is 12.1. The molecule has 2 rings (SSSR count). The highest BCUT2D eigenvalue weighted by molar-refractivity contribution is 5.85. The fraction of sp³-hybridized carbons (Fsp3) is 0.467. The Hall–Kier alpha value is -2.08. The van der Waals surface area contributed by atoms with Crippen LogP contribution >= 0.6 is 0 Å². The van der Waals surface area contributed by atoms with Crippen molar-refractivity contribution in [1.82, 2.24) is 4.90 Å². The zero-order valence-electron chi connectivity index (χ0n) is 12.1. The fourth-order valence-corrected chi connectivity index (χ4v) is 2.51. The number of hydrogen-bond donors (Lipinski definition) is 2. The number of carbonyl (C=O) groups is 2. The first-order valence-corrected chi connectivity index (χ1v) is 6.79. The van der Waals surface area contributed by atoms with Crippen LogP contribution in [0, 0.1) is 13.8 Å². The minimum Gasteiger partial charge on any atom is -0.483 e. The van der Waals surface area contributed by atoms with Crippen LogP contribution in [0.5, 0.6) is 5.75 Å². The van der Waals surface area contributed by atoms with Gasteiger partial charge in [0.1, 0.15) is 11.8 Å². The van der Waals surface area contributed by atoms with Crippen molar-refractivity contribution in [2.75, 3.05) is 13.2 Å².